The summed E-state index contributed by atoms with van der Waals surface area (Å²) in [6.45, 7) is 6.46. The van der Waals surface area contributed by atoms with Crippen molar-refractivity contribution in [2.24, 2.45) is 0 Å². The molecule has 3 aliphatic heterocycles. The number of piperidine rings is 1. The predicted molar refractivity (Wildman–Crippen MR) is 224 cm³/mol. The SMILES string of the molecule is COc1ccc2c(c1)C=C(c1c(C(=O)N3C4CCCC3COC4)cnn1-c1ccncc1C)Cn1c-2c(C2CCCCC2)c2ccc(C(=O)NS(=O)(=O)C(C)C)cc21. The van der Waals surface area contributed by atoms with Gasteiger partial charge in [0.05, 0.1) is 73.0 Å². The van der Waals surface area contributed by atoms with E-state index in [9.17, 15) is 13.2 Å². The van der Waals surface area contributed by atoms with Crippen molar-refractivity contribution in [2.45, 2.75) is 102 Å². The van der Waals surface area contributed by atoms with Crippen molar-refractivity contribution in [1.29, 1.82) is 0 Å². The summed E-state index contributed by atoms with van der Waals surface area (Å²) in [4.78, 5) is 35.1. The minimum Gasteiger partial charge on any atom is -0.497 e. The molecule has 12 nitrogen and oxygen atoms in total. The smallest absolute Gasteiger partial charge is 0.264 e. The van der Waals surface area contributed by atoms with Gasteiger partial charge in [-0.25, -0.2) is 17.8 Å². The van der Waals surface area contributed by atoms with E-state index in [1.54, 1.807) is 45.6 Å². The summed E-state index contributed by atoms with van der Waals surface area (Å²) in [5.41, 5.74) is 9.09. The number of carbonyl (C=O) groups is 2. The first-order chi connectivity index (χ1) is 28.0. The number of allylic oxidation sites excluding steroid dienone is 1. The maximum atomic E-state index is 15.0. The molecule has 58 heavy (non-hydrogen) atoms. The summed E-state index contributed by atoms with van der Waals surface area (Å²) in [5.74, 6) is 0.259. The fraction of sp³-hybridized carbons (Fsp3) is 0.422. The molecule has 2 atom stereocenters. The average Bonchev–Trinajstić information content (AvgIpc) is 3.74. The van der Waals surface area contributed by atoms with Crippen LogP contribution in [0, 0.1) is 6.92 Å². The van der Waals surface area contributed by atoms with Crippen LogP contribution in [0.1, 0.15) is 114 Å². The Bertz CT molecular complexity index is 2560. The van der Waals surface area contributed by atoms with Crippen LogP contribution in [-0.2, 0) is 21.3 Å². The second-order valence-electron chi connectivity index (χ2n) is 16.5. The molecule has 6 heterocycles. The van der Waals surface area contributed by atoms with Crippen molar-refractivity contribution in [1.82, 2.24) is 29.0 Å². The molecule has 1 saturated carbocycles. The zero-order chi connectivity index (χ0) is 40.3. The molecule has 2 unspecified atom stereocenters. The van der Waals surface area contributed by atoms with Crippen molar-refractivity contribution < 1.29 is 27.5 Å². The zero-order valence-electron chi connectivity index (χ0n) is 33.5. The molecule has 0 radical (unpaired) electrons. The maximum Gasteiger partial charge on any atom is 0.264 e. The van der Waals surface area contributed by atoms with Crippen molar-refractivity contribution in [3.05, 3.63) is 94.6 Å². The van der Waals surface area contributed by atoms with Gasteiger partial charge in [0.2, 0.25) is 10.0 Å². The Labute approximate surface area is 339 Å². The molecule has 13 heteroatoms. The van der Waals surface area contributed by atoms with Crippen molar-refractivity contribution in [3.63, 3.8) is 0 Å². The number of amides is 2. The second-order valence-corrected chi connectivity index (χ2v) is 18.8. The topological polar surface area (TPSA) is 138 Å². The summed E-state index contributed by atoms with van der Waals surface area (Å²) in [5, 5.41) is 5.22. The van der Waals surface area contributed by atoms with Gasteiger partial charge in [-0.05, 0) is 124 Å². The standard InChI is InChI=1S/C45H50N6O6S/c1-27(2)58(54,55)48-44(52)30-13-15-37-40(21-30)49-24-32(19-31-20-35(56-4)14-16-36(31)43(49)41(37)29-9-6-5-7-10-29)42-38(23-47-51(42)39-17-18-46-22-28(39)3)45(53)50-33-11-8-12-34(50)26-57-25-33/h13-23,27,29,33-34H,5-12,24-26H2,1-4H3,(H,48,52). The van der Waals surface area contributed by atoms with Crippen LogP contribution in [-0.4, -0.2) is 82.1 Å². The van der Waals surface area contributed by atoms with Gasteiger partial charge in [0.15, 0.2) is 0 Å². The van der Waals surface area contributed by atoms with Gasteiger partial charge in [0.25, 0.3) is 11.8 Å². The van der Waals surface area contributed by atoms with Crippen LogP contribution >= 0.6 is 0 Å². The van der Waals surface area contributed by atoms with Gasteiger partial charge < -0.3 is 18.9 Å². The number of nitrogens with one attached hydrogen (secondary N) is 1. The van der Waals surface area contributed by atoms with Crippen LogP contribution in [0.4, 0.5) is 0 Å². The summed E-state index contributed by atoms with van der Waals surface area (Å²) in [6.07, 6.45) is 15.8. The van der Waals surface area contributed by atoms with E-state index in [1.807, 2.05) is 40.8 Å². The molecule has 2 aromatic carbocycles. The zero-order valence-corrected chi connectivity index (χ0v) is 34.3. The Hall–Kier alpha value is -5.27. The number of benzene rings is 2. The Kier molecular flexibility index (Phi) is 10.00. The number of hydrogen-bond donors (Lipinski definition) is 1. The summed E-state index contributed by atoms with van der Waals surface area (Å²) >= 11 is 0. The highest BCUT2D eigenvalue weighted by atomic mass is 32.2. The molecule has 0 spiro atoms. The van der Waals surface area contributed by atoms with Crippen LogP contribution in [0.3, 0.4) is 0 Å². The van der Waals surface area contributed by atoms with Gasteiger partial charge >= 0.3 is 0 Å². The van der Waals surface area contributed by atoms with E-state index in [0.29, 0.717) is 36.8 Å². The lowest BCUT2D eigenvalue weighted by molar-refractivity contribution is -0.0566. The molecular formula is C45H50N6O6S. The molecule has 5 aromatic rings. The quantitative estimate of drug-likeness (QED) is 0.169. The van der Waals surface area contributed by atoms with E-state index in [4.69, 9.17) is 14.6 Å². The highest BCUT2D eigenvalue weighted by Crippen LogP contribution is 2.48. The fourth-order valence-corrected chi connectivity index (χ4v) is 10.2. The number of hydrogen-bond acceptors (Lipinski definition) is 8. The second kappa shape index (κ2) is 15.2. The molecular weight excluding hydrogens is 753 g/mol. The predicted octanol–water partition coefficient (Wildman–Crippen LogP) is 7.67. The average molecular weight is 803 g/mol. The first-order valence-corrected chi connectivity index (χ1v) is 22.1. The Morgan fingerprint density at radius 3 is 2.43 bits per heavy atom. The Morgan fingerprint density at radius 1 is 0.931 bits per heavy atom. The van der Waals surface area contributed by atoms with Crippen LogP contribution in [0.2, 0.25) is 0 Å². The molecule has 1 N–H and O–H groups in total. The number of morpholine rings is 1. The number of methoxy groups -OCH3 is 1. The van der Waals surface area contributed by atoms with Gasteiger partial charge in [-0.3, -0.25) is 14.6 Å². The molecule has 302 valence electrons. The first-order valence-electron chi connectivity index (χ1n) is 20.5. The first kappa shape index (κ1) is 38.3. The highest BCUT2D eigenvalue weighted by Gasteiger charge is 2.40. The highest BCUT2D eigenvalue weighted by molar-refractivity contribution is 7.90. The van der Waals surface area contributed by atoms with E-state index in [0.717, 1.165) is 89.5 Å². The largest absolute Gasteiger partial charge is 0.497 e. The number of pyridine rings is 1. The maximum absolute atomic E-state index is 15.0. The number of fused-ring (bicyclic) bond motifs is 7. The molecule has 4 aliphatic rings. The number of carbonyl (C=O) groups excluding carboxylic acids is 2. The van der Waals surface area contributed by atoms with Gasteiger partial charge in [0.1, 0.15) is 5.75 Å². The van der Waals surface area contributed by atoms with E-state index in [1.165, 1.54) is 12.0 Å². The Morgan fingerprint density at radius 2 is 1.71 bits per heavy atom. The molecule has 3 fully saturated rings. The summed E-state index contributed by atoms with van der Waals surface area (Å²) in [6, 6.07) is 13.6. The third-order valence-electron chi connectivity index (χ3n) is 12.6. The lowest BCUT2D eigenvalue weighted by atomic mass is 9.81. The molecule has 2 amide bonds. The molecule has 2 bridgehead atoms. The number of sulfonamides is 1. The number of nitrogens with zero attached hydrogens (tertiary/aromatic N) is 5. The lowest BCUT2D eigenvalue weighted by Gasteiger charge is -2.45. The van der Waals surface area contributed by atoms with E-state index >= 15 is 4.79 Å². The molecule has 9 rings (SSSR count). The molecule has 3 aromatic heterocycles. The minimum atomic E-state index is -3.87. The van der Waals surface area contributed by atoms with E-state index < -0.39 is 21.2 Å². The monoisotopic (exact) mass is 802 g/mol. The van der Waals surface area contributed by atoms with Gasteiger partial charge in [0, 0.05) is 34.4 Å². The van der Waals surface area contributed by atoms with Gasteiger partial charge in [-0.2, -0.15) is 5.10 Å². The lowest BCUT2D eigenvalue weighted by Crippen LogP contribution is -2.57. The van der Waals surface area contributed by atoms with Gasteiger partial charge in [-0.1, -0.05) is 25.3 Å². The van der Waals surface area contributed by atoms with Gasteiger partial charge in [-0.15, -0.1) is 0 Å². The number of ether oxygens (including phenoxy) is 2. The number of rotatable bonds is 8. The van der Waals surface area contributed by atoms with Crippen LogP contribution in [0.5, 0.6) is 5.75 Å². The van der Waals surface area contributed by atoms with Crippen molar-refractivity contribution in [2.75, 3.05) is 20.3 Å². The van der Waals surface area contributed by atoms with Crippen LogP contribution in [0.25, 0.3) is 39.5 Å². The fourth-order valence-electron chi connectivity index (χ4n) is 9.64. The molecule has 1 aliphatic carbocycles. The van der Waals surface area contributed by atoms with Crippen molar-refractivity contribution >= 4 is 44.4 Å². The summed E-state index contributed by atoms with van der Waals surface area (Å²) in [7, 11) is -2.20. The van der Waals surface area contributed by atoms with Crippen LogP contribution in [0.15, 0.2) is 61.1 Å². The summed E-state index contributed by atoms with van der Waals surface area (Å²) < 4.78 is 43.9. The van der Waals surface area contributed by atoms with Crippen LogP contribution < -0.4 is 9.46 Å². The normalized spacial score (nSPS) is 19.7. The third-order valence-corrected chi connectivity index (χ3v) is 14.4. The number of aryl methyl sites for hydroxylation is 1. The third kappa shape index (κ3) is 6.61. The van der Waals surface area contributed by atoms with E-state index in [2.05, 4.69) is 32.5 Å². The Balaban J connectivity index is 1.29. The van der Waals surface area contributed by atoms with E-state index in [-0.39, 0.29) is 29.5 Å². The number of aromatic nitrogens is 4. The minimum absolute atomic E-state index is 0.00548. The van der Waals surface area contributed by atoms with Crippen molar-refractivity contribution in [3.8, 4) is 22.7 Å². The molecule has 2 saturated heterocycles.